The van der Waals surface area contributed by atoms with Gasteiger partial charge in [-0.25, -0.2) is 9.59 Å². The summed E-state index contributed by atoms with van der Waals surface area (Å²) in [7, 11) is 0. The SMILES string of the molecule is CCCCCC/C(=N\OC(=O)c1ccccc1)c1cn(-c2ccc(/C(=N/OC(C)=O)c3ccccn3)cc2)c2ccc3ccccc3c12. The number of fused-ring (bicyclic) bond motifs is 3. The van der Waals surface area contributed by atoms with E-state index in [0.717, 1.165) is 69.9 Å². The lowest BCUT2D eigenvalue weighted by Crippen LogP contribution is -2.08. The van der Waals surface area contributed by atoms with E-state index in [1.54, 1.807) is 30.5 Å². The molecule has 0 saturated carbocycles. The molecule has 0 bridgehead atoms. The van der Waals surface area contributed by atoms with Crippen LogP contribution in [0, 0.1) is 0 Å². The number of carbonyl (C=O) groups excluding carboxylic acids is 2. The van der Waals surface area contributed by atoms with Crippen molar-refractivity contribution in [2.45, 2.75) is 46.0 Å². The Balaban J connectivity index is 1.45. The second-order valence-electron chi connectivity index (χ2n) is 11.5. The quantitative estimate of drug-likeness (QED) is 0.0578. The summed E-state index contributed by atoms with van der Waals surface area (Å²) < 4.78 is 2.13. The van der Waals surface area contributed by atoms with Gasteiger partial charge in [0, 0.05) is 41.5 Å². The number of aromatic nitrogens is 2. The summed E-state index contributed by atoms with van der Waals surface area (Å²) in [4.78, 5) is 39.6. The molecule has 4 aromatic carbocycles. The van der Waals surface area contributed by atoms with Crippen LogP contribution in [-0.4, -0.2) is 32.9 Å². The van der Waals surface area contributed by atoms with Crippen molar-refractivity contribution >= 4 is 45.0 Å². The maximum Gasteiger partial charge on any atom is 0.365 e. The average molecular weight is 637 g/mol. The van der Waals surface area contributed by atoms with Crippen molar-refractivity contribution in [3.05, 3.63) is 144 Å². The Hall–Kier alpha value is -5.89. The first-order valence-electron chi connectivity index (χ1n) is 16.2. The summed E-state index contributed by atoms with van der Waals surface area (Å²) in [5, 5.41) is 11.9. The molecule has 0 saturated heterocycles. The topological polar surface area (TPSA) is 95.1 Å². The highest BCUT2D eigenvalue weighted by molar-refractivity contribution is 6.20. The highest BCUT2D eigenvalue weighted by Crippen LogP contribution is 2.33. The zero-order chi connectivity index (χ0) is 33.3. The first kappa shape index (κ1) is 32.1. The fraction of sp³-hybridized carbons (Fsp3) is 0.175. The molecule has 8 heteroatoms. The Bertz CT molecular complexity index is 2100. The molecule has 48 heavy (non-hydrogen) atoms. The van der Waals surface area contributed by atoms with Gasteiger partial charge in [-0.1, -0.05) is 103 Å². The van der Waals surface area contributed by atoms with Gasteiger partial charge in [-0.15, -0.1) is 0 Å². The van der Waals surface area contributed by atoms with Crippen LogP contribution in [-0.2, 0) is 14.5 Å². The smallest absolute Gasteiger partial charge is 0.318 e. The Morgan fingerprint density at radius 3 is 2.27 bits per heavy atom. The van der Waals surface area contributed by atoms with Crippen molar-refractivity contribution in [1.29, 1.82) is 0 Å². The molecule has 0 unspecified atom stereocenters. The normalized spacial score (nSPS) is 12.0. The third kappa shape index (κ3) is 7.23. The number of pyridine rings is 1. The van der Waals surface area contributed by atoms with E-state index < -0.39 is 11.9 Å². The van der Waals surface area contributed by atoms with E-state index in [1.165, 1.54) is 6.92 Å². The van der Waals surface area contributed by atoms with Gasteiger partial charge in [-0.05, 0) is 66.1 Å². The monoisotopic (exact) mass is 636 g/mol. The number of oxime groups is 2. The Labute approximate surface area is 279 Å². The standard InChI is InChI=1S/C40H36N4O4/c1-3-4-5-9-18-35(42-48-40(46)31-15-7-6-8-16-31)34-27-44(37-25-22-29-14-10-11-17-33(29)38(34)37)32-23-20-30(21-24-32)39(43-47-28(2)45)36-19-12-13-26-41-36/h6-8,10-17,19-27H,3-5,9,18H2,1-2H3/b42-35+,43-39-. The number of hydrogen-bond donors (Lipinski definition) is 0. The van der Waals surface area contributed by atoms with Crippen molar-refractivity contribution in [2.24, 2.45) is 10.3 Å². The lowest BCUT2D eigenvalue weighted by atomic mass is 9.98. The van der Waals surface area contributed by atoms with E-state index in [4.69, 9.17) is 9.68 Å². The predicted molar refractivity (Wildman–Crippen MR) is 190 cm³/mol. The molecular weight excluding hydrogens is 600 g/mol. The number of hydrogen-bond acceptors (Lipinski definition) is 7. The van der Waals surface area contributed by atoms with Crippen molar-refractivity contribution in [2.75, 3.05) is 0 Å². The van der Waals surface area contributed by atoms with E-state index in [-0.39, 0.29) is 0 Å². The number of nitrogens with zero attached hydrogens (tertiary/aromatic N) is 4. The summed E-state index contributed by atoms with van der Waals surface area (Å²) in [5.74, 6) is -1.01. The Kier molecular flexibility index (Phi) is 10.1. The van der Waals surface area contributed by atoms with Gasteiger partial charge in [0.2, 0.25) is 0 Å². The van der Waals surface area contributed by atoms with Gasteiger partial charge < -0.3 is 14.2 Å². The highest BCUT2D eigenvalue weighted by atomic mass is 16.7. The molecule has 6 aromatic rings. The van der Waals surface area contributed by atoms with Crippen LogP contribution in [0.4, 0.5) is 0 Å². The lowest BCUT2D eigenvalue weighted by molar-refractivity contribution is -0.140. The summed E-state index contributed by atoms with van der Waals surface area (Å²) >= 11 is 0. The lowest BCUT2D eigenvalue weighted by Gasteiger charge is -2.09. The van der Waals surface area contributed by atoms with Gasteiger partial charge in [0.05, 0.1) is 22.5 Å². The maximum atomic E-state index is 13.0. The molecule has 2 heterocycles. The van der Waals surface area contributed by atoms with Crippen molar-refractivity contribution in [3.8, 4) is 5.69 Å². The maximum absolute atomic E-state index is 13.0. The van der Waals surface area contributed by atoms with Gasteiger partial charge in [-0.2, -0.15) is 0 Å². The van der Waals surface area contributed by atoms with E-state index in [9.17, 15) is 9.59 Å². The van der Waals surface area contributed by atoms with Crippen LogP contribution in [0.15, 0.2) is 132 Å². The number of unbranched alkanes of at least 4 members (excludes halogenated alkanes) is 3. The van der Waals surface area contributed by atoms with E-state index >= 15 is 0 Å². The molecule has 8 nitrogen and oxygen atoms in total. The number of carbonyl (C=O) groups is 2. The second kappa shape index (κ2) is 15.1. The summed E-state index contributed by atoms with van der Waals surface area (Å²) in [6.07, 6.45) is 8.61. The van der Waals surface area contributed by atoms with Crippen LogP contribution >= 0.6 is 0 Å². The van der Waals surface area contributed by atoms with E-state index in [2.05, 4.69) is 57.2 Å². The Morgan fingerprint density at radius 1 is 0.750 bits per heavy atom. The van der Waals surface area contributed by atoms with Crippen LogP contribution < -0.4 is 0 Å². The fourth-order valence-corrected chi connectivity index (χ4v) is 5.75. The minimum Gasteiger partial charge on any atom is -0.318 e. The Morgan fingerprint density at radius 2 is 1.52 bits per heavy atom. The third-order valence-corrected chi connectivity index (χ3v) is 8.11. The first-order chi connectivity index (χ1) is 23.5. The molecule has 0 amide bonds. The fourth-order valence-electron chi connectivity index (χ4n) is 5.75. The molecule has 240 valence electrons. The van der Waals surface area contributed by atoms with E-state index in [0.29, 0.717) is 23.4 Å². The molecule has 2 aromatic heterocycles. The average Bonchev–Trinajstić information content (AvgIpc) is 3.52. The molecule has 0 radical (unpaired) electrons. The largest absolute Gasteiger partial charge is 0.365 e. The summed E-state index contributed by atoms with van der Waals surface area (Å²) in [6.45, 7) is 3.49. The van der Waals surface area contributed by atoms with Crippen molar-refractivity contribution in [3.63, 3.8) is 0 Å². The number of benzene rings is 4. The van der Waals surface area contributed by atoms with Crippen LogP contribution in [0.3, 0.4) is 0 Å². The zero-order valence-electron chi connectivity index (χ0n) is 27.0. The van der Waals surface area contributed by atoms with Gasteiger partial charge in [0.1, 0.15) is 5.71 Å². The molecule has 6 rings (SSSR count). The van der Waals surface area contributed by atoms with Gasteiger partial charge in [0.15, 0.2) is 0 Å². The minimum atomic E-state index is -0.514. The molecule has 0 atom stereocenters. The van der Waals surface area contributed by atoms with Gasteiger partial charge in [0.25, 0.3) is 0 Å². The predicted octanol–water partition coefficient (Wildman–Crippen LogP) is 9.03. The second-order valence-corrected chi connectivity index (χ2v) is 11.5. The molecule has 0 fully saturated rings. The third-order valence-electron chi connectivity index (χ3n) is 8.11. The molecular formula is C40H36N4O4. The van der Waals surface area contributed by atoms with Gasteiger partial charge in [-0.3, -0.25) is 4.98 Å². The van der Waals surface area contributed by atoms with Crippen LogP contribution in [0.5, 0.6) is 0 Å². The minimum absolute atomic E-state index is 0.446. The molecule has 0 aliphatic carbocycles. The summed E-state index contributed by atoms with van der Waals surface area (Å²) in [5.41, 5.74) is 5.75. The van der Waals surface area contributed by atoms with Gasteiger partial charge >= 0.3 is 11.9 Å². The molecule has 0 aliphatic rings. The number of rotatable bonds is 12. The first-order valence-corrected chi connectivity index (χ1v) is 16.2. The van der Waals surface area contributed by atoms with Crippen molar-refractivity contribution in [1.82, 2.24) is 9.55 Å². The molecule has 0 N–H and O–H groups in total. The van der Waals surface area contributed by atoms with Crippen LogP contribution in [0.2, 0.25) is 0 Å². The van der Waals surface area contributed by atoms with E-state index in [1.807, 2.05) is 60.7 Å². The van der Waals surface area contributed by atoms with Crippen LogP contribution in [0.25, 0.3) is 27.4 Å². The molecule has 0 spiro atoms. The molecule has 0 aliphatic heterocycles. The van der Waals surface area contributed by atoms with Crippen molar-refractivity contribution < 1.29 is 19.3 Å². The zero-order valence-corrected chi connectivity index (χ0v) is 27.0. The highest BCUT2D eigenvalue weighted by Gasteiger charge is 2.19. The summed E-state index contributed by atoms with van der Waals surface area (Å²) in [6, 6.07) is 34.8. The van der Waals surface area contributed by atoms with Crippen LogP contribution in [0.1, 0.15) is 73.1 Å².